The average molecular weight is 271 g/mol. The number of rotatable bonds is 5. The van der Waals surface area contributed by atoms with Gasteiger partial charge < -0.3 is 10.0 Å². The maximum absolute atomic E-state index is 13.0. The van der Waals surface area contributed by atoms with Crippen LogP contribution < -0.4 is 4.90 Å². The summed E-state index contributed by atoms with van der Waals surface area (Å²) >= 11 is 5.66. The van der Waals surface area contributed by atoms with Crippen LogP contribution in [0.2, 0.25) is 5.02 Å². The largest absolute Gasteiger partial charge is 0.481 e. The summed E-state index contributed by atoms with van der Waals surface area (Å²) in [7, 11) is 0. The summed E-state index contributed by atoms with van der Waals surface area (Å²) in [6.45, 7) is 1.71. The Morgan fingerprint density at radius 3 is 2.83 bits per heavy atom. The van der Waals surface area contributed by atoms with E-state index in [1.807, 2.05) is 6.07 Å². The number of hydrogen-bond donors (Lipinski definition) is 1. The van der Waals surface area contributed by atoms with Crippen molar-refractivity contribution in [1.82, 2.24) is 0 Å². The number of carboxylic acids is 1. The molecule has 6 heteroatoms. The highest BCUT2D eigenvalue weighted by Crippen LogP contribution is 2.23. The van der Waals surface area contributed by atoms with Crippen molar-refractivity contribution in [3.8, 4) is 6.07 Å². The number of aliphatic carboxylic acids is 1. The number of hydrogen-bond acceptors (Lipinski definition) is 3. The number of anilines is 1. The average Bonchev–Trinajstić information content (AvgIpc) is 2.32. The predicted octanol–water partition coefficient (Wildman–Crippen LogP) is 2.53. The maximum atomic E-state index is 13.0. The van der Waals surface area contributed by atoms with E-state index in [2.05, 4.69) is 0 Å². The van der Waals surface area contributed by atoms with Crippen molar-refractivity contribution in [3.63, 3.8) is 0 Å². The van der Waals surface area contributed by atoms with Crippen LogP contribution in [0, 0.1) is 23.1 Å². The molecule has 0 aromatic heterocycles. The van der Waals surface area contributed by atoms with Gasteiger partial charge in [-0.25, -0.2) is 4.39 Å². The van der Waals surface area contributed by atoms with Crippen molar-refractivity contribution in [2.45, 2.75) is 6.92 Å². The van der Waals surface area contributed by atoms with Gasteiger partial charge >= 0.3 is 5.97 Å². The predicted molar refractivity (Wildman–Crippen MR) is 66.0 cm³/mol. The molecular weight excluding hydrogens is 259 g/mol. The number of carboxylic acid groups (broad SMARTS) is 1. The quantitative estimate of drug-likeness (QED) is 0.835. The molecule has 0 aliphatic heterocycles. The molecule has 0 radical (unpaired) electrons. The summed E-state index contributed by atoms with van der Waals surface area (Å²) in [5.74, 6) is -2.14. The first kappa shape index (κ1) is 14.3. The molecule has 18 heavy (non-hydrogen) atoms. The van der Waals surface area contributed by atoms with E-state index in [0.717, 1.165) is 0 Å². The van der Waals surface area contributed by atoms with Crippen LogP contribution in [0.5, 0.6) is 0 Å². The van der Waals surface area contributed by atoms with Gasteiger partial charge in [0.25, 0.3) is 0 Å². The monoisotopic (exact) mass is 270 g/mol. The zero-order chi connectivity index (χ0) is 13.7. The molecule has 1 atom stereocenters. The van der Waals surface area contributed by atoms with Gasteiger partial charge in [-0.2, -0.15) is 5.26 Å². The molecule has 1 N–H and O–H groups in total. The third-order valence-corrected chi connectivity index (χ3v) is 2.74. The molecule has 0 fully saturated rings. The lowest BCUT2D eigenvalue weighted by molar-refractivity contribution is -0.140. The second-order valence-electron chi connectivity index (χ2n) is 3.88. The molecule has 0 bridgehead atoms. The Balaban J connectivity index is 2.94. The minimum Gasteiger partial charge on any atom is -0.481 e. The fourth-order valence-electron chi connectivity index (χ4n) is 1.44. The molecule has 1 rings (SSSR count). The zero-order valence-corrected chi connectivity index (χ0v) is 10.5. The third kappa shape index (κ3) is 3.60. The van der Waals surface area contributed by atoms with Crippen LogP contribution in [-0.2, 0) is 4.79 Å². The van der Waals surface area contributed by atoms with Gasteiger partial charge in [-0.3, -0.25) is 4.79 Å². The van der Waals surface area contributed by atoms with Crippen LogP contribution in [0.1, 0.15) is 6.92 Å². The summed E-state index contributed by atoms with van der Waals surface area (Å²) in [5.41, 5.74) is 0.524. The van der Waals surface area contributed by atoms with Gasteiger partial charge in [0, 0.05) is 12.2 Å². The summed E-state index contributed by atoms with van der Waals surface area (Å²) in [5, 5.41) is 17.5. The van der Waals surface area contributed by atoms with E-state index in [-0.39, 0.29) is 18.1 Å². The molecule has 96 valence electrons. The van der Waals surface area contributed by atoms with Gasteiger partial charge in [0.15, 0.2) is 0 Å². The van der Waals surface area contributed by atoms with E-state index in [9.17, 15) is 9.18 Å². The highest BCUT2D eigenvalue weighted by molar-refractivity contribution is 6.31. The summed E-state index contributed by atoms with van der Waals surface area (Å²) in [4.78, 5) is 12.3. The van der Waals surface area contributed by atoms with Crippen LogP contribution in [0.25, 0.3) is 0 Å². The minimum absolute atomic E-state index is 0.0135. The van der Waals surface area contributed by atoms with E-state index in [1.165, 1.54) is 25.1 Å². The van der Waals surface area contributed by atoms with Crippen LogP contribution >= 0.6 is 11.6 Å². The third-order valence-electron chi connectivity index (χ3n) is 2.45. The minimum atomic E-state index is -0.953. The Bertz CT molecular complexity index is 487. The van der Waals surface area contributed by atoms with E-state index >= 15 is 0 Å². The van der Waals surface area contributed by atoms with E-state index in [0.29, 0.717) is 5.69 Å². The normalized spacial score (nSPS) is 11.7. The van der Waals surface area contributed by atoms with Crippen molar-refractivity contribution < 1.29 is 14.3 Å². The molecule has 0 saturated carbocycles. The van der Waals surface area contributed by atoms with Gasteiger partial charge in [0.2, 0.25) is 0 Å². The van der Waals surface area contributed by atoms with Crippen molar-refractivity contribution in [3.05, 3.63) is 29.0 Å². The molecule has 0 amide bonds. The number of carbonyl (C=O) groups is 1. The maximum Gasteiger partial charge on any atom is 0.308 e. The zero-order valence-electron chi connectivity index (χ0n) is 9.73. The highest BCUT2D eigenvalue weighted by Gasteiger charge is 2.17. The van der Waals surface area contributed by atoms with Gasteiger partial charge in [0.1, 0.15) is 12.4 Å². The summed E-state index contributed by atoms with van der Waals surface area (Å²) < 4.78 is 13.0. The smallest absolute Gasteiger partial charge is 0.308 e. The summed E-state index contributed by atoms with van der Waals surface area (Å²) in [6.07, 6.45) is 0. The number of nitriles is 1. The van der Waals surface area contributed by atoms with E-state index < -0.39 is 17.7 Å². The lowest BCUT2D eigenvalue weighted by Crippen LogP contribution is -2.32. The van der Waals surface area contributed by atoms with Crippen LogP contribution in [-0.4, -0.2) is 24.2 Å². The Kier molecular flexibility index (Phi) is 4.93. The Morgan fingerprint density at radius 1 is 1.67 bits per heavy atom. The first-order valence-electron chi connectivity index (χ1n) is 5.25. The molecule has 0 aliphatic carbocycles. The van der Waals surface area contributed by atoms with Crippen molar-refractivity contribution in [1.29, 1.82) is 5.26 Å². The molecule has 1 aromatic rings. The van der Waals surface area contributed by atoms with E-state index in [1.54, 1.807) is 4.90 Å². The SMILES string of the molecule is CC(CN(CC#N)c1ccc(F)c(Cl)c1)C(=O)O. The Labute approximate surface area is 109 Å². The van der Waals surface area contributed by atoms with Crippen molar-refractivity contribution >= 4 is 23.3 Å². The molecule has 0 heterocycles. The molecule has 0 saturated heterocycles. The molecule has 0 spiro atoms. The second kappa shape index (κ2) is 6.22. The first-order chi connectivity index (χ1) is 8.45. The lowest BCUT2D eigenvalue weighted by atomic mass is 10.1. The molecule has 0 aliphatic rings. The number of halogens is 2. The fourth-order valence-corrected chi connectivity index (χ4v) is 1.61. The van der Waals surface area contributed by atoms with Gasteiger partial charge in [0.05, 0.1) is 17.0 Å². The van der Waals surface area contributed by atoms with Gasteiger partial charge in [-0.15, -0.1) is 0 Å². The lowest BCUT2D eigenvalue weighted by Gasteiger charge is -2.23. The molecule has 4 nitrogen and oxygen atoms in total. The van der Waals surface area contributed by atoms with Gasteiger partial charge in [-0.1, -0.05) is 18.5 Å². The Hall–Kier alpha value is -1.80. The van der Waals surface area contributed by atoms with Crippen LogP contribution in [0.3, 0.4) is 0 Å². The second-order valence-corrected chi connectivity index (χ2v) is 4.28. The highest BCUT2D eigenvalue weighted by atomic mass is 35.5. The number of nitrogens with zero attached hydrogens (tertiary/aromatic N) is 2. The van der Waals surface area contributed by atoms with E-state index in [4.69, 9.17) is 22.0 Å². The number of benzene rings is 1. The molecular formula is C12H12ClFN2O2. The first-order valence-corrected chi connectivity index (χ1v) is 5.63. The summed E-state index contributed by atoms with van der Waals surface area (Å²) in [6, 6.07) is 5.97. The topological polar surface area (TPSA) is 64.3 Å². The Morgan fingerprint density at radius 2 is 2.33 bits per heavy atom. The van der Waals surface area contributed by atoms with Crippen LogP contribution in [0.4, 0.5) is 10.1 Å². The molecule has 1 unspecified atom stereocenters. The van der Waals surface area contributed by atoms with Crippen LogP contribution in [0.15, 0.2) is 18.2 Å². The van der Waals surface area contributed by atoms with Crippen molar-refractivity contribution in [2.75, 3.05) is 18.0 Å². The van der Waals surface area contributed by atoms with Gasteiger partial charge in [-0.05, 0) is 18.2 Å². The van der Waals surface area contributed by atoms with Crippen molar-refractivity contribution in [2.24, 2.45) is 5.92 Å². The standard InChI is InChI=1S/C12H12ClFN2O2/c1-8(12(17)18)7-16(5-4-15)9-2-3-11(14)10(13)6-9/h2-3,6,8H,5,7H2,1H3,(H,17,18). The fraction of sp³-hybridized carbons (Fsp3) is 0.333. The molecule has 1 aromatic carbocycles.